The minimum atomic E-state index is -0.856. The summed E-state index contributed by atoms with van der Waals surface area (Å²) in [5.74, 6) is 1.81. The molecule has 5 aromatic carbocycles. The van der Waals surface area contributed by atoms with E-state index in [0.29, 0.717) is 0 Å². The molecule has 278 valence electrons. The fourth-order valence-electron chi connectivity index (χ4n) is 11.0. The van der Waals surface area contributed by atoms with Gasteiger partial charge < -0.3 is 19.1 Å². The predicted octanol–water partition coefficient (Wildman–Crippen LogP) is 12.0. The van der Waals surface area contributed by atoms with Crippen molar-refractivity contribution in [3.8, 4) is 22.6 Å². The average molecular weight is 754 g/mol. The molecule has 1 spiro atoms. The lowest BCUT2D eigenvalue weighted by atomic mass is 9.52. The lowest BCUT2D eigenvalue weighted by Gasteiger charge is -2.52. The maximum absolute atomic E-state index is 7.82. The molecule has 9 rings (SSSR count). The van der Waals surface area contributed by atoms with Crippen LogP contribution in [0.2, 0.25) is 0 Å². The zero-order chi connectivity index (χ0) is 37.5. The zero-order valence-electron chi connectivity index (χ0n) is 32.7. The Balaban J connectivity index is 1.34. The standard InChI is InChI=1S/C48H51NO3S2/c1-45(2)28-46(3,4)30-47(29-45)39-11-9-8-10-35(39)42-37-26-40(53-6)41(54-7)27-38(37)44-36(43(42)47)20-21-48(52-44,32-14-18-34(50-5)19-15-32)31-12-16-33(17-13-31)49-22-24-51-25-23-49/h8-21,26-27H,22-25,28-30H2,1-7H3. The molecule has 0 bridgehead atoms. The Kier molecular flexibility index (Phi) is 8.72. The predicted molar refractivity (Wildman–Crippen MR) is 228 cm³/mol. The van der Waals surface area contributed by atoms with Crippen LogP contribution in [0.3, 0.4) is 0 Å². The van der Waals surface area contributed by atoms with E-state index in [1.54, 1.807) is 7.11 Å². The summed E-state index contributed by atoms with van der Waals surface area (Å²) in [6.45, 7) is 13.3. The van der Waals surface area contributed by atoms with Gasteiger partial charge in [0.2, 0.25) is 0 Å². The van der Waals surface area contributed by atoms with Crippen LogP contribution in [0.5, 0.6) is 11.5 Å². The number of morpholine rings is 1. The molecule has 2 aliphatic carbocycles. The lowest BCUT2D eigenvalue weighted by Crippen LogP contribution is -2.44. The molecule has 2 aliphatic heterocycles. The molecule has 1 saturated carbocycles. The maximum atomic E-state index is 7.82. The van der Waals surface area contributed by atoms with E-state index in [1.165, 1.54) is 60.5 Å². The molecular formula is C48H51NO3S2. The summed E-state index contributed by atoms with van der Waals surface area (Å²) in [7, 11) is 1.73. The summed E-state index contributed by atoms with van der Waals surface area (Å²) < 4.78 is 19.1. The van der Waals surface area contributed by atoms with Crippen molar-refractivity contribution in [3.05, 3.63) is 119 Å². The second kappa shape index (κ2) is 13.1. The van der Waals surface area contributed by atoms with Crippen LogP contribution in [0.15, 0.2) is 101 Å². The number of methoxy groups -OCH3 is 1. The molecule has 0 aromatic heterocycles. The number of hydrogen-bond donors (Lipinski definition) is 0. The Morgan fingerprint density at radius 2 is 1.33 bits per heavy atom. The first-order chi connectivity index (χ1) is 26.0. The number of fused-ring (bicyclic) bond motifs is 10. The summed E-state index contributed by atoms with van der Waals surface area (Å²) >= 11 is 3.65. The zero-order valence-corrected chi connectivity index (χ0v) is 34.3. The van der Waals surface area contributed by atoms with Gasteiger partial charge in [0, 0.05) is 56.1 Å². The van der Waals surface area contributed by atoms with E-state index in [1.807, 2.05) is 23.5 Å². The Hall–Kier alpha value is -3.84. The molecule has 1 saturated heterocycles. The van der Waals surface area contributed by atoms with Gasteiger partial charge >= 0.3 is 0 Å². The number of benzene rings is 5. The highest BCUT2D eigenvalue weighted by atomic mass is 32.2. The van der Waals surface area contributed by atoms with Gasteiger partial charge in [0.15, 0.2) is 5.60 Å². The van der Waals surface area contributed by atoms with Crippen LogP contribution in [0.25, 0.3) is 28.0 Å². The Morgan fingerprint density at radius 1 is 0.722 bits per heavy atom. The van der Waals surface area contributed by atoms with Crippen LogP contribution in [0, 0.1) is 10.8 Å². The molecule has 0 N–H and O–H groups in total. The number of hydrogen-bond acceptors (Lipinski definition) is 6. The summed E-state index contributed by atoms with van der Waals surface area (Å²) in [5, 5.41) is 2.47. The van der Waals surface area contributed by atoms with Gasteiger partial charge in [-0.3, -0.25) is 0 Å². The third-order valence-corrected chi connectivity index (χ3v) is 14.1. The van der Waals surface area contributed by atoms with Crippen molar-refractivity contribution in [2.24, 2.45) is 10.8 Å². The van der Waals surface area contributed by atoms with Crippen LogP contribution >= 0.6 is 23.5 Å². The molecule has 5 aromatic rings. The highest BCUT2D eigenvalue weighted by molar-refractivity contribution is 8.01. The average Bonchev–Trinajstić information content (AvgIpc) is 3.44. The van der Waals surface area contributed by atoms with E-state index >= 15 is 0 Å². The van der Waals surface area contributed by atoms with Crippen molar-refractivity contribution in [3.63, 3.8) is 0 Å². The number of nitrogens with zero attached hydrogens (tertiary/aromatic N) is 1. The third-order valence-electron chi connectivity index (χ3n) is 12.4. The highest BCUT2D eigenvalue weighted by Gasteiger charge is 2.55. The molecule has 2 fully saturated rings. The lowest BCUT2D eigenvalue weighted by molar-refractivity contribution is 0.0642. The minimum absolute atomic E-state index is 0.138. The highest BCUT2D eigenvalue weighted by Crippen LogP contribution is 2.67. The van der Waals surface area contributed by atoms with Gasteiger partial charge in [-0.2, -0.15) is 0 Å². The van der Waals surface area contributed by atoms with Crippen LogP contribution < -0.4 is 14.4 Å². The van der Waals surface area contributed by atoms with Crippen molar-refractivity contribution < 1.29 is 14.2 Å². The first kappa shape index (κ1) is 35.8. The van der Waals surface area contributed by atoms with Crippen molar-refractivity contribution in [1.82, 2.24) is 0 Å². The van der Waals surface area contributed by atoms with Crippen molar-refractivity contribution in [2.45, 2.75) is 67.8 Å². The second-order valence-electron chi connectivity index (χ2n) is 17.3. The molecule has 2 heterocycles. The monoisotopic (exact) mass is 753 g/mol. The van der Waals surface area contributed by atoms with Crippen molar-refractivity contribution >= 4 is 46.1 Å². The van der Waals surface area contributed by atoms with Gasteiger partial charge in [-0.15, -0.1) is 23.5 Å². The third kappa shape index (κ3) is 5.61. The van der Waals surface area contributed by atoms with Crippen LogP contribution in [-0.4, -0.2) is 45.9 Å². The van der Waals surface area contributed by atoms with E-state index in [0.717, 1.165) is 61.8 Å². The maximum Gasteiger partial charge on any atom is 0.178 e. The van der Waals surface area contributed by atoms with Gasteiger partial charge in [0.05, 0.1) is 20.3 Å². The summed E-state index contributed by atoms with van der Waals surface area (Å²) in [4.78, 5) is 5.00. The van der Waals surface area contributed by atoms with E-state index < -0.39 is 5.60 Å². The molecule has 4 aliphatic rings. The number of thioether (sulfide) groups is 2. The smallest absolute Gasteiger partial charge is 0.178 e. The normalized spacial score (nSPS) is 21.7. The quantitative estimate of drug-likeness (QED) is 0.161. The Morgan fingerprint density at radius 3 is 1.96 bits per heavy atom. The first-order valence-electron chi connectivity index (χ1n) is 19.3. The second-order valence-corrected chi connectivity index (χ2v) is 19.0. The molecule has 1 unspecified atom stereocenters. The molecule has 6 heteroatoms. The SMILES string of the molecule is COc1ccc(C2(c3ccc(N4CCOCC4)cc3)C=Cc3c4c(c5cc(SC)c(SC)cc5c3O2)-c2ccccc2C42CC(C)(C)CC(C)(C)C2)cc1. The van der Waals surface area contributed by atoms with Crippen molar-refractivity contribution in [1.29, 1.82) is 0 Å². The topological polar surface area (TPSA) is 30.9 Å². The molecule has 0 amide bonds. The van der Waals surface area contributed by atoms with E-state index in [4.69, 9.17) is 14.2 Å². The molecule has 1 atom stereocenters. The Bertz CT molecular complexity index is 2270. The summed E-state index contributed by atoms with van der Waals surface area (Å²) in [6, 6.07) is 31.7. The number of rotatable bonds is 6. The molecule has 54 heavy (non-hydrogen) atoms. The Labute approximate surface area is 329 Å². The van der Waals surface area contributed by atoms with Crippen LogP contribution in [-0.2, 0) is 15.8 Å². The first-order valence-corrected chi connectivity index (χ1v) is 21.8. The molecular weight excluding hydrogens is 703 g/mol. The minimum Gasteiger partial charge on any atom is -0.497 e. The fraction of sp³-hybridized carbons (Fsp3) is 0.375. The van der Waals surface area contributed by atoms with Gasteiger partial charge in [0.1, 0.15) is 11.5 Å². The van der Waals surface area contributed by atoms with Gasteiger partial charge in [-0.05, 0) is 113 Å². The summed E-state index contributed by atoms with van der Waals surface area (Å²) in [5.41, 5.74) is 9.68. The number of anilines is 1. The van der Waals surface area contributed by atoms with Crippen molar-refractivity contribution in [2.75, 3.05) is 50.8 Å². The van der Waals surface area contributed by atoms with Crippen LogP contribution in [0.1, 0.15) is 74.8 Å². The van der Waals surface area contributed by atoms with Gasteiger partial charge in [-0.25, -0.2) is 0 Å². The van der Waals surface area contributed by atoms with E-state index in [9.17, 15) is 0 Å². The van der Waals surface area contributed by atoms with E-state index in [-0.39, 0.29) is 16.2 Å². The largest absolute Gasteiger partial charge is 0.497 e. The number of ether oxygens (including phenoxy) is 3. The van der Waals surface area contributed by atoms with E-state index in [2.05, 4.69) is 142 Å². The summed E-state index contributed by atoms with van der Waals surface area (Å²) in [6.07, 6.45) is 12.6. The van der Waals surface area contributed by atoms with Gasteiger partial charge in [0.25, 0.3) is 0 Å². The fourth-order valence-corrected chi connectivity index (χ4v) is 12.5. The van der Waals surface area contributed by atoms with Crippen LogP contribution in [0.4, 0.5) is 5.69 Å². The molecule has 4 nitrogen and oxygen atoms in total. The molecule has 0 radical (unpaired) electrons. The van der Waals surface area contributed by atoms with Gasteiger partial charge in [-0.1, -0.05) is 82.3 Å².